The topological polar surface area (TPSA) is 88.7 Å². The number of hydrogen-bond acceptors (Lipinski definition) is 3. The molecule has 5 heteroatoms. The van der Waals surface area contributed by atoms with Crippen LogP contribution >= 0.6 is 0 Å². The van der Waals surface area contributed by atoms with E-state index in [4.69, 9.17) is 6.85 Å². The van der Waals surface area contributed by atoms with Gasteiger partial charge in [0, 0.05) is 13.2 Å². The fourth-order valence-corrected chi connectivity index (χ4v) is 0.0510. The fraction of sp³-hybridized carbons (Fsp3) is 0.500. The summed E-state index contributed by atoms with van der Waals surface area (Å²) in [6.45, 7) is -3.29. The van der Waals surface area contributed by atoms with E-state index in [2.05, 4.69) is 0 Å². The molecule has 0 aliphatic carbocycles. The standard InChI is InChI=1S/C4H6O3.Na.H2O/c1-2-3(5)4(6)7;;/h2H2,1H3,(H,6,7);;1H2/q;+1;/p-1/i1+1D3,2D2;;. The van der Waals surface area contributed by atoms with Crippen molar-refractivity contribution in [2.24, 2.45) is 0 Å². The van der Waals surface area contributed by atoms with Gasteiger partial charge >= 0.3 is 29.6 Å². The van der Waals surface area contributed by atoms with Crippen molar-refractivity contribution in [3.8, 4) is 0 Å². The minimum atomic E-state index is -3.38. The van der Waals surface area contributed by atoms with Crippen molar-refractivity contribution in [3.63, 3.8) is 0 Å². The van der Waals surface area contributed by atoms with Gasteiger partial charge in [-0.1, -0.05) is 6.85 Å². The van der Waals surface area contributed by atoms with Gasteiger partial charge in [-0.3, -0.25) is 4.79 Å². The Morgan fingerprint density at radius 1 is 1.78 bits per heavy atom. The molecule has 0 bridgehead atoms. The van der Waals surface area contributed by atoms with Gasteiger partial charge in [-0.05, 0) is 0 Å². The molecule has 0 aliphatic rings. The number of rotatable bonds is 2. The summed E-state index contributed by atoms with van der Waals surface area (Å²) >= 11 is 0. The number of carboxylic acid groups (broad SMARTS) is 1. The van der Waals surface area contributed by atoms with Crippen molar-refractivity contribution < 1.29 is 56.6 Å². The Bertz CT molecular complexity index is 224. The van der Waals surface area contributed by atoms with Gasteiger partial charge < -0.3 is 15.4 Å². The van der Waals surface area contributed by atoms with E-state index in [-0.39, 0.29) is 35.0 Å². The number of Topliss-reactive ketones (excluding diaryl/α,β-unsaturated/α-hetero) is 1. The predicted octanol–water partition coefficient (Wildman–Crippen LogP) is -5.11. The van der Waals surface area contributed by atoms with E-state index in [1.165, 1.54) is 0 Å². The van der Waals surface area contributed by atoms with E-state index in [1.54, 1.807) is 0 Å². The molecular formula is C4H7NaO4. The molecule has 0 saturated heterocycles. The molecule has 48 valence electrons. The van der Waals surface area contributed by atoms with E-state index in [9.17, 15) is 14.7 Å². The maximum Gasteiger partial charge on any atom is 1.00 e. The van der Waals surface area contributed by atoms with Crippen LogP contribution in [0.1, 0.15) is 20.1 Å². The number of carbonyl (C=O) groups excluding carboxylic acids is 2. The van der Waals surface area contributed by atoms with Crippen LogP contribution in [-0.2, 0) is 9.59 Å². The van der Waals surface area contributed by atoms with Crippen molar-refractivity contribution in [2.45, 2.75) is 13.2 Å². The van der Waals surface area contributed by atoms with Crippen LogP contribution in [0.25, 0.3) is 0 Å². The monoisotopic (exact) mass is 148 g/mol. The average Bonchev–Trinajstić information content (AvgIpc) is 1.83. The Morgan fingerprint density at radius 3 is 2.33 bits per heavy atom. The molecule has 0 radical (unpaired) electrons. The second kappa shape index (κ2) is 8.10. The van der Waals surface area contributed by atoms with Gasteiger partial charge in [0.2, 0.25) is 0 Å². The van der Waals surface area contributed by atoms with Crippen LogP contribution in [0, 0.1) is 0 Å². The first-order valence-corrected chi connectivity index (χ1v) is 1.36. The van der Waals surface area contributed by atoms with E-state index < -0.39 is 25.0 Å². The Kier molecular flexibility index (Phi) is 4.36. The zero-order valence-corrected chi connectivity index (χ0v) is 6.72. The summed E-state index contributed by atoms with van der Waals surface area (Å²) in [6.07, 6.45) is -3.38. The van der Waals surface area contributed by atoms with Crippen LogP contribution in [0.4, 0.5) is 0 Å². The maximum atomic E-state index is 10.4. The summed E-state index contributed by atoms with van der Waals surface area (Å²) in [5, 5.41) is 9.84. The quantitative estimate of drug-likeness (QED) is 0.223. The van der Waals surface area contributed by atoms with E-state index >= 15 is 0 Å². The van der Waals surface area contributed by atoms with Crippen LogP contribution in [0.2, 0.25) is 0 Å². The molecule has 0 unspecified atom stereocenters. The molecule has 0 spiro atoms. The summed E-state index contributed by atoms with van der Waals surface area (Å²) in [5.74, 6) is -4.40. The number of carboxylic acids is 1. The number of carbonyl (C=O) groups is 2. The number of ketones is 1. The van der Waals surface area contributed by atoms with Crippen molar-refractivity contribution in [2.75, 3.05) is 0 Å². The molecule has 0 aromatic heterocycles. The zero-order valence-electron chi connectivity index (χ0n) is 9.72. The summed E-state index contributed by atoms with van der Waals surface area (Å²) in [5.41, 5.74) is 0. The molecule has 9 heavy (non-hydrogen) atoms. The van der Waals surface area contributed by atoms with Crippen molar-refractivity contribution in [3.05, 3.63) is 0 Å². The van der Waals surface area contributed by atoms with Crippen molar-refractivity contribution in [1.29, 1.82) is 0 Å². The van der Waals surface area contributed by atoms with Gasteiger partial charge in [-0.15, -0.1) is 0 Å². The first-order chi connectivity index (χ1) is 5.10. The summed E-state index contributed by atoms with van der Waals surface area (Å²) < 4.78 is 32.8. The molecule has 0 aromatic rings. The third-order valence-corrected chi connectivity index (χ3v) is 0.299. The Morgan fingerprint density at radius 2 is 2.22 bits per heavy atom. The Hall–Kier alpha value is 0.100. The summed E-state index contributed by atoms with van der Waals surface area (Å²) in [4.78, 5) is 20.3. The van der Waals surface area contributed by atoms with Gasteiger partial charge in [-0.2, -0.15) is 0 Å². The molecule has 0 amide bonds. The van der Waals surface area contributed by atoms with Gasteiger partial charge in [-0.25, -0.2) is 0 Å². The van der Waals surface area contributed by atoms with E-state index in [0.29, 0.717) is 0 Å². The molecular weight excluding hydrogens is 136 g/mol. The largest absolute Gasteiger partial charge is 1.00 e. The normalized spacial score (nSPS) is 17.6. The van der Waals surface area contributed by atoms with Crippen molar-refractivity contribution >= 4 is 11.8 Å². The zero-order chi connectivity index (χ0) is 10.2. The molecule has 2 N–H and O–H groups in total. The first kappa shape index (κ1) is 4.85. The maximum absolute atomic E-state index is 10.4. The molecule has 0 aromatic carbocycles. The second-order valence-electron chi connectivity index (χ2n) is 0.742. The van der Waals surface area contributed by atoms with E-state index in [0.717, 1.165) is 0 Å². The third kappa shape index (κ3) is 8.10. The molecule has 0 rings (SSSR count). The van der Waals surface area contributed by atoms with Crippen LogP contribution in [0.3, 0.4) is 0 Å². The molecule has 0 heterocycles. The van der Waals surface area contributed by atoms with Crippen molar-refractivity contribution in [1.82, 2.24) is 0 Å². The Balaban J connectivity index is -0.000000605. The minimum Gasteiger partial charge on any atom is -0.542 e. The second-order valence-corrected chi connectivity index (χ2v) is 0.742. The molecule has 0 atom stereocenters. The first-order valence-electron chi connectivity index (χ1n) is 3.86. The van der Waals surface area contributed by atoms with Gasteiger partial charge in [0.25, 0.3) is 0 Å². The molecule has 0 saturated carbocycles. The molecule has 4 nitrogen and oxygen atoms in total. The summed E-state index contributed by atoms with van der Waals surface area (Å²) in [7, 11) is 0. The number of aliphatic carboxylic acids is 1. The minimum absolute atomic E-state index is 0. The van der Waals surface area contributed by atoms with Crippen LogP contribution < -0.4 is 34.7 Å². The van der Waals surface area contributed by atoms with Gasteiger partial charge in [0.1, 0.15) is 5.97 Å². The van der Waals surface area contributed by atoms with E-state index in [1.807, 2.05) is 0 Å². The fourth-order valence-electron chi connectivity index (χ4n) is 0.0510. The number of hydrogen-bond donors (Lipinski definition) is 0. The smallest absolute Gasteiger partial charge is 0.542 e. The molecule has 0 aliphatic heterocycles. The SMILES string of the molecule is O.[2H]C([2H])(C(=O)C(=O)[O-])[13C]([2H])([2H])[2H].[Na+]. The third-order valence-electron chi connectivity index (χ3n) is 0.299. The van der Waals surface area contributed by atoms with Crippen LogP contribution in [0.5, 0.6) is 0 Å². The van der Waals surface area contributed by atoms with Crippen LogP contribution in [-0.4, -0.2) is 17.2 Å². The van der Waals surface area contributed by atoms with Crippen LogP contribution in [0.15, 0.2) is 0 Å². The average molecular weight is 148 g/mol. The molecule has 0 fully saturated rings. The van der Waals surface area contributed by atoms with Gasteiger partial charge in [0.05, 0.1) is 0 Å². The predicted molar refractivity (Wildman–Crippen MR) is 23.9 cm³/mol. The van der Waals surface area contributed by atoms with Gasteiger partial charge in [0.15, 0.2) is 5.78 Å². The summed E-state index contributed by atoms with van der Waals surface area (Å²) in [6, 6.07) is 0. The Labute approximate surface area is 81.9 Å².